The van der Waals surface area contributed by atoms with Crippen molar-refractivity contribution in [3.05, 3.63) is 59.9 Å². The normalized spacial score (nSPS) is 14.0. The van der Waals surface area contributed by atoms with E-state index in [0.717, 1.165) is 70.0 Å². The lowest BCUT2D eigenvalue weighted by Gasteiger charge is -2.36. The van der Waals surface area contributed by atoms with Crippen LogP contribution < -0.4 is 0 Å². The smallest absolute Gasteiger partial charge is 0.242 e. The number of benzene rings is 1. The number of carbonyl (C=O) groups excluding carboxylic acids is 2. The molecule has 204 valence electrons. The Morgan fingerprint density at radius 1 is 0.946 bits per heavy atom. The number of aromatic nitrogens is 1. The summed E-state index contributed by atoms with van der Waals surface area (Å²) >= 11 is 0. The van der Waals surface area contributed by atoms with Crippen LogP contribution in [0.2, 0.25) is 0 Å². The minimum Gasteiger partial charge on any atom is -0.385 e. The summed E-state index contributed by atoms with van der Waals surface area (Å²) in [5, 5.41) is 0. The van der Waals surface area contributed by atoms with E-state index in [0.29, 0.717) is 26.1 Å². The second-order valence-corrected chi connectivity index (χ2v) is 10.4. The van der Waals surface area contributed by atoms with E-state index in [4.69, 9.17) is 4.74 Å². The molecule has 6 nitrogen and oxygen atoms in total. The summed E-state index contributed by atoms with van der Waals surface area (Å²) in [5.41, 5.74) is 2.38. The standard InChI is InChI=1S/C31H47N3O3/c1-3-4-5-12-20-30(35)33(22-14-23-37-2)26-31(36)34(28-17-10-7-11-18-28)25-29-19-13-21-32(29)24-27-15-8-6-9-16-27/h6,8-9,13,15-16,19,21,28H,3-5,7,10-12,14,17-18,20,22-26H2,1-2H3. The Morgan fingerprint density at radius 3 is 2.46 bits per heavy atom. The van der Waals surface area contributed by atoms with Crippen molar-refractivity contribution in [3.63, 3.8) is 0 Å². The summed E-state index contributed by atoms with van der Waals surface area (Å²) in [6.07, 6.45) is 13.2. The van der Waals surface area contributed by atoms with Gasteiger partial charge in [-0.3, -0.25) is 9.59 Å². The molecule has 0 spiro atoms. The van der Waals surface area contributed by atoms with Gasteiger partial charge in [-0.1, -0.05) is 75.8 Å². The maximum atomic E-state index is 13.9. The number of unbranched alkanes of at least 4 members (excludes halogenated alkanes) is 3. The van der Waals surface area contributed by atoms with Crippen LogP contribution >= 0.6 is 0 Å². The molecule has 3 rings (SSSR count). The van der Waals surface area contributed by atoms with Crippen LogP contribution in [-0.2, 0) is 27.4 Å². The molecule has 2 amide bonds. The Bertz CT molecular complexity index is 921. The van der Waals surface area contributed by atoms with Gasteiger partial charge >= 0.3 is 0 Å². The zero-order chi connectivity index (χ0) is 26.3. The molecule has 1 fully saturated rings. The van der Waals surface area contributed by atoms with Crippen LogP contribution in [0.4, 0.5) is 0 Å². The van der Waals surface area contributed by atoms with Crippen LogP contribution in [0.3, 0.4) is 0 Å². The largest absolute Gasteiger partial charge is 0.385 e. The van der Waals surface area contributed by atoms with Crippen LogP contribution in [0.1, 0.15) is 88.8 Å². The number of methoxy groups -OCH3 is 1. The van der Waals surface area contributed by atoms with Crippen molar-refractivity contribution in [3.8, 4) is 0 Å². The van der Waals surface area contributed by atoms with Gasteiger partial charge in [-0.2, -0.15) is 0 Å². The van der Waals surface area contributed by atoms with E-state index < -0.39 is 0 Å². The van der Waals surface area contributed by atoms with Crippen LogP contribution in [-0.4, -0.2) is 59.0 Å². The molecule has 1 aromatic carbocycles. The number of rotatable bonds is 16. The van der Waals surface area contributed by atoms with Crippen LogP contribution in [0.5, 0.6) is 0 Å². The highest BCUT2D eigenvalue weighted by atomic mass is 16.5. The van der Waals surface area contributed by atoms with E-state index in [9.17, 15) is 9.59 Å². The average molecular weight is 510 g/mol. The number of carbonyl (C=O) groups is 2. The molecule has 6 heteroatoms. The minimum atomic E-state index is 0.0682. The molecule has 1 saturated carbocycles. The molecule has 1 aliphatic rings. The maximum Gasteiger partial charge on any atom is 0.242 e. The fourth-order valence-corrected chi connectivity index (χ4v) is 5.32. The second kappa shape index (κ2) is 16.3. The van der Waals surface area contributed by atoms with E-state index in [1.807, 2.05) is 6.07 Å². The monoisotopic (exact) mass is 509 g/mol. The van der Waals surface area contributed by atoms with Crippen molar-refractivity contribution in [2.75, 3.05) is 26.8 Å². The molecule has 0 unspecified atom stereocenters. The molecule has 1 heterocycles. The molecule has 0 bridgehead atoms. The van der Waals surface area contributed by atoms with Crippen molar-refractivity contribution in [2.45, 2.75) is 96.7 Å². The first kappa shape index (κ1) is 29.0. The summed E-state index contributed by atoms with van der Waals surface area (Å²) < 4.78 is 7.47. The van der Waals surface area contributed by atoms with Crippen molar-refractivity contribution < 1.29 is 14.3 Å². The van der Waals surface area contributed by atoms with Crippen LogP contribution in [0, 0.1) is 0 Å². The Labute approximate surface area is 224 Å². The van der Waals surface area contributed by atoms with Crippen LogP contribution in [0.25, 0.3) is 0 Å². The molecule has 37 heavy (non-hydrogen) atoms. The summed E-state index contributed by atoms with van der Waals surface area (Å²) in [5.74, 6) is 0.162. The Balaban J connectivity index is 1.72. The highest BCUT2D eigenvalue weighted by molar-refractivity contribution is 5.85. The number of hydrogen-bond acceptors (Lipinski definition) is 3. The fourth-order valence-electron chi connectivity index (χ4n) is 5.32. The third-order valence-electron chi connectivity index (χ3n) is 7.49. The molecule has 0 radical (unpaired) electrons. The molecular weight excluding hydrogens is 462 g/mol. The van der Waals surface area contributed by atoms with Gasteiger partial charge in [0, 0.05) is 51.2 Å². The summed E-state index contributed by atoms with van der Waals surface area (Å²) in [7, 11) is 1.68. The van der Waals surface area contributed by atoms with Gasteiger partial charge in [0.1, 0.15) is 0 Å². The fraction of sp³-hybridized carbons (Fsp3) is 0.613. The van der Waals surface area contributed by atoms with Gasteiger partial charge in [-0.25, -0.2) is 0 Å². The summed E-state index contributed by atoms with van der Waals surface area (Å²) in [6, 6.07) is 14.9. The molecule has 0 atom stereocenters. The number of ether oxygens (including phenoxy) is 1. The molecular formula is C31H47N3O3. The second-order valence-electron chi connectivity index (χ2n) is 10.4. The van der Waals surface area contributed by atoms with E-state index >= 15 is 0 Å². The third kappa shape index (κ3) is 9.66. The van der Waals surface area contributed by atoms with Crippen LogP contribution in [0.15, 0.2) is 48.7 Å². The van der Waals surface area contributed by atoms with E-state index in [1.54, 1.807) is 12.0 Å². The number of amides is 2. The van der Waals surface area contributed by atoms with Crippen molar-refractivity contribution in [1.29, 1.82) is 0 Å². The predicted molar refractivity (Wildman–Crippen MR) is 149 cm³/mol. The first-order valence-corrected chi connectivity index (χ1v) is 14.4. The van der Waals surface area contributed by atoms with Gasteiger partial charge in [-0.05, 0) is 43.4 Å². The van der Waals surface area contributed by atoms with E-state index in [-0.39, 0.29) is 24.4 Å². The van der Waals surface area contributed by atoms with E-state index in [2.05, 4.69) is 59.0 Å². The van der Waals surface area contributed by atoms with Gasteiger partial charge in [0.15, 0.2) is 0 Å². The predicted octanol–water partition coefficient (Wildman–Crippen LogP) is 6.03. The lowest BCUT2D eigenvalue weighted by molar-refractivity contribution is -0.143. The minimum absolute atomic E-state index is 0.0682. The van der Waals surface area contributed by atoms with Crippen molar-refractivity contribution in [1.82, 2.24) is 14.4 Å². The molecule has 0 N–H and O–H groups in total. The first-order valence-electron chi connectivity index (χ1n) is 14.4. The summed E-state index contributed by atoms with van der Waals surface area (Å²) in [6.45, 7) is 4.86. The highest BCUT2D eigenvalue weighted by Crippen LogP contribution is 2.25. The van der Waals surface area contributed by atoms with Crippen molar-refractivity contribution >= 4 is 11.8 Å². The Hall–Kier alpha value is -2.60. The van der Waals surface area contributed by atoms with Gasteiger partial charge in [0.25, 0.3) is 0 Å². The van der Waals surface area contributed by atoms with Gasteiger partial charge < -0.3 is 19.1 Å². The maximum absolute atomic E-state index is 13.9. The molecule has 0 aliphatic heterocycles. The van der Waals surface area contributed by atoms with Gasteiger partial charge in [0.2, 0.25) is 11.8 Å². The average Bonchev–Trinajstić information content (AvgIpc) is 3.36. The molecule has 1 aliphatic carbocycles. The zero-order valence-electron chi connectivity index (χ0n) is 23.1. The number of hydrogen-bond donors (Lipinski definition) is 0. The van der Waals surface area contributed by atoms with Crippen molar-refractivity contribution in [2.24, 2.45) is 0 Å². The molecule has 2 aromatic rings. The molecule has 1 aromatic heterocycles. The Morgan fingerprint density at radius 2 is 1.73 bits per heavy atom. The SMILES string of the molecule is CCCCCCC(=O)N(CCCOC)CC(=O)N(Cc1cccn1Cc1ccccc1)C1CCCCC1. The topological polar surface area (TPSA) is 54.8 Å². The van der Waals surface area contributed by atoms with E-state index in [1.165, 1.54) is 12.0 Å². The quantitative estimate of drug-likeness (QED) is 0.260. The highest BCUT2D eigenvalue weighted by Gasteiger charge is 2.28. The third-order valence-corrected chi connectivity index (χ3v) is 7.49. The lowest BCUT2D eigenvalue weighted by Crippen LogP contribution is -2.47. The number of nitrogens with zero attached hydrogens (tertiary/aromatic N) is 3. The van der Waals surface area contributed by atoms with Gasteiger partial charge in [-0.15, -0.1) is 0 Å². The van der Waals surface area contributed by atoms with Gasteiger partial charge in [0.05, 0.1) is 13.1 Å². The lowest BCUT2D eigenvalue weighted by atomic mass is 9.94. The summed E-state index contributed by atoms with van der Waals surface area (Å²) in [4.78, 5) is 30.8. The zero-order valence-corrected chi connectivity index (χ0v) is 23.1. The molecule has 0 saturated heterocycles. The Kier molecular flexibility index (Phi) is 12.7. The first-order chi connectivity index (χ1) is 18.1.